The van der Waals surface area contributed by atoms with Crippen molar-refractivity contribution < 1.29 is 14.3 Å². The lowest BCUT2D eigenvalue weighted by Crippen LogP contribution is -2.33. The van der Waals surface area contributed by atoms with E-state index < -0.39 is 6.04 Å². The highest BCUT2D eigenvalue weighted by molar-refractivity contribution is 5.88. The molecule has 1 fully saturated rings. The molecule has 1 rings (SSSR count). The fourth-order valence-corrected chi connectivity index (χ4v) is 3.69. The average Bonchev–Trinajstić information content (AvgIpc) is 3.13. The number of unbranched alkanes of at least 4 members (excludes halogenated alkanes) is 15. The van der Waals surface area contributed by atoms with Gasteiger partial charge in [0.05, 0.1) is 6.26 Å². The van der Waals surface area contributed by atoms with Gasteiger partial charge in [-0.2, -0.15) is 0 Å². The number of amides is 1. The number of nitrogens with one attached hydrogen (secondary N) is 1. The van der Waals surface area contributed by atoms with Gasteiger partial charge in [0.15, 0.2) is 0 Å². The van der Waals surface area contributed by atoms with Crippen LogP contribution in [-0.4, -0.2) is 17.9 Å². The van der Waals surface area contributed by atoms with Crippen LogP contribution >= 0.6 is 0 Å². The fraction of sp³-hybridized carbons (Fsp3) is 0.833. The first kappa shape index (κ1) is 24.7. The van der Waals surface area contributed by atoms with Crippen LogP contribution in [0.2, 0.25) is 0 Å². The summed E-state index contributed by atoms with van der Waals surface area (Å²) in [5, 5.41) is 2.62. The molecule has 0 radical (unpaired) electrons. The predicted octanol–water partition coefficient (Wildman–Crippen LogP) is 6.58. The molecular formula is C24H43NO3. The third-order valence-corrected chi connectivity index (χ3v) is 5.53. The Morgan fingerprint density at radius 2 is 1.39 bits per heavy atom. The van der Waals surface area contributed by atoms with Gasteiger partial charge in [-0.25, -0.2) is 4.79 Å². The van der Waals surface area contributed by atoms with Crippen molar-refractivity contribution >= 4 is 11.9 Å². The lowest BCUT2D eigenvalue weighted by atomic mass is 10.0. The van der Waals surface area contributed by atoms with E-state index in [-0.39, 0.29) is 11.9 Å². The second-order valence-electron chi connectivity index (χ2n) is 8.21. The Bertz CT molecular complexity index is 434. The molecule has 0 bridgehead atoms. The zero-order chi connectivity index (χ0) is 20.3. The Balaban J connectivity index is 1.76. The SMILES string of the molecule is CCCCCCCCCCCCCCCCC/C=C/OC(=O)[C@@H]1CCC(=O)N1. The fourth-order valence-electron chi connectivity index (χ4n) is 3.69. The summed E-state index contributed by atoms with van der Waals surface area (Å²) in [6, 6.07) is -0.456. The lowest BCUT2D eigenvalue weighted by Gasteiger charge is -2.06. The van der Waals surface area contributed by atoms with Crippen LogP contribution in [0.3, 0.4) is 0 Å². The minimum Gasteiger partial charge on any atom is -0.433 e. The van der Waals surface area contributed by atoms with Gasteiger partial charge in [0.2, 0.25) is 5.91 Å². The van der Waals surface area contributed by atoms with Crippen LogP contribution < -0.4 is 5.32 Å². The predicted molar refractivity (Wildman–Crippen MR) is 116 cm³/mol. The van der Waals surface area contributed by atoms with E-state index in [1.165, 1.54) is 96.2 Å². The number of ether oxygens (including phenoxy) is 1. The van der Waals surface area contributed by atoms with Gasteiger partial charge < -0.3 is 10.1 Å². The zero-order valence-electron chi connectivity index (χ0n) is 18.2. The maximum Gasteiger partial charge on any atom is 0.333 e. The number of carbonyl (C=O) groups is 2. The van der Waals surface area contributed by atoms with Crippen LogP contribution in [0.25, 0.3) is 0 Å². The summed E-state index contributed by atoms with van der Waals surface area (Å²) in [4.78, 5) is 22.7. The Morgan fingerprint density at radius 1 is 0.893 bits per heavy atom. The molecule has 4 nitrogen and oxygen atoms in total. The van der Waals surface area contributed by atoms with E-state index in [4.69, 9.17) is 4.74 Å². The van der Waals surface area contributed by atoms with Gasteiger partial charge in [-0.3, -0.25) is 4.79 Å². The first-order valence-corrected chi connectivity index (χ1v) is 11.9. The molecule has 0 aliphatic carbocycles. The molecule has 0 unspecified atom stereocenters. The average molecular weight is 394 g/mol. The number of carbonyl (C=O) groups excluding carboxylic acids is 2. The third-order valence-electron chi connectivity index (χ3n) is 5.53. The molecule has 0 aromatic rings. The zero-order valence-corrected chi connectivity index (χ0v) is 18.2. The summed E-state index contributed by atoms with van der Waals surface area (Å²) in [6.07, 6.45) is 25.8. The molecule has 1 N–H and O–H groups in total. The highest BCUT2D eigenvalue weighted by atomic mass is 16.5. The van der Waals surface area contributed by atoms with E-state index in [1.807, 2.05) is 6.08 Å². The Morgan fingerprint density at radius 3 is 1.86 bits per heavy atom. The van der Waals surface area contributed by atoms with Crippen molar-refractivity contribution in [2.75, 3.05) is 0 Å². The number of allylic oxidation sites excluding steroid dienone is 1. The first-order valence-electron chi connectivity index (χ1n) is 11.9. The summed E-state index contributed by atoms with van der Waals surface area (Å²) < 4.78 is 5.06. The molecule has 1 saturated heterocycles. The highest BCUT2D eigenvalue weighted by Gasteiger charge is 2.27. The topological polar surface area (TPSA) is 55.4 Å². The highest BCUT2D eigenvalue weighted by Crippen LogP contribution is 2.14. The van der Waals surface area contributed by atoms with E-state index in [1.54, 1.807) is 0 Å². The van der Waals surface area contributed by atoms with Crippen LogP contribution in [0.4, 0.5) is 0 Å². The Kier molecular flexibility index (Phi) is 15.7. The second-order valence-corrected chi connectivity index (χ2v) is 8.21. The standard InChI is InChI=1S/C24H43NO3/c1-2-3-4-5-6-7-8-9-10-11-12-13-14-15-16-17-18-21-28-24(27)22-19-20-23(26)25-22/h18,21-22H,2-17,19-20H2,1H3,(H,25,26)/b21-18+/t22-/m0/s1. The molecule has 28 heavy (non-hydrogen) atoms. The third kappa shape index (κ3) is 13.8. The Hall–Kier alpha value is -1.32. The number of rotatable bonds is 18. The van der Waals surface area contributed by atoms with Gasteiger partial charge in [-0.1, -0.05) is 96.8 Å². The molecule has 1 amide bonds. The smallest absolute Gasteiger partial charge is 0.333 e. The quantitative estimate of drug-likeness (QED) is 0.162. The van der Waals surface area contributed by atoms with Crippen molar-refractivity contribution in [3.8, 4) is 0 Å². The van der Waals surface area contributed by atoms with Crippen molar-refractivity contribution in [2.24, 2.45) is 0 Å². The van der Waals surface area contributed by atoms with Gasteiger partial charge in [-0.15, -0.1) is 0 Å². The summed E-state index contributed by atoms with van der Waals surface area (Å²) in [6.45, 7) is 2.28. The molecule has 1 heterocycles. The molecule has 162 valence electrons. The van der Waals surface area contributed by atoms with Gasteiger partial charge >= 0.3 is 5.97 Å². The summed E-state index contributed by atoms with van der Waals surface area (Å²) in [7, 11) is 0. The number of hydrogen-bond acceptors (Lipinski definition) is 3. The number of esters is 1. The summed E-state index contributed by atoms with van der Waals surface area (Å²) >= 11 is 0. The number of hydrogen-bond donors (Lipinski definition) is 1. The molecule has 1 aliphatic rings. The molecule has 0 aromatic carbocycles. The molecule has 4 heteroatoms. The molecule has 0 saturated carbocycles. The first-order chi connectivity index (χ1) is 13.7. The van der Waals surface area contributed by atoms with Gasteiger partial charge in [0, 0.05) is 6.42 Å². The van der Waals surface area contributed by atoms with Crippen molar-refractivity contribution in [1.29, 1.82) is 0 Å². The van der Waals surface area contributed by atoms with Gasteiger partial charge in [0.25, 0.3) is 0 Å². The lowest BCUT2D eigenvalue weighted by molar-refractivity contribution is -0.141. The molecule has 1 atom stereocenters. The minimum absolute atomic E-state index is 0.0660. The van der Waals surface area contributed by atoms with Crippen LogP contribution in [0, 0.1) is 0 Å². The normalized spacial score (nSPS) is 16.6. The monoisotopic (exact) mass is 393 g/mol. The van der Waals surface area contributed by atoms with E-state index in [2.05, 4.69) is 12.2 Å². The molecule has 1 aliphatic heterocycles. The van der Waals surface area contributed by atoms with E-state index >= 15 is 0 Å². The van der Waals surface area contributed by atoms with Crippen LogP contribution in [-0.2, 0) is 14.3 Å². The van der Waals surface area contributed by atoms with Crippen molar-refractivity contribution in [3.05, 3.63) is 12.3 Å². The summed E-state index contributed by atoms with van der Waals surface area (Å²) in [5.74, 6) is -0.415. The largest absolute Gasteiger partial charge is 0.433 e. The van der Waals surface area contributed by atoms with Gasteiger partial charge in [-0.05, 0) is 25.3 Å². The van der Waals surface area contributed by atoms with Crippen molar-refractivity contribution in [3.63, 3.8) is 0 Å². The Labute approximate surface area is 172 Å². The van der Waals surface area contributed by atoms with E-state index in [9.17, 15) is 9.59 Å². The van der Waals surface area contributed by atoms with Crippen LogP contribution in [0.1, 0.15) is 122 Å². The maximum atomic E-state index is 11.7. The maximum absolute atomic E-state index is 11.7. The summed E-state index contributed by atoms with van der Waals surface area (Å²) in [5.41, 5.74) is 0. The minimum atomic E-state index is -0.456. The van der Waals surface area contributed by atoms with Crippen LogP contribution in [0.5, 0.6) is 0 Å². The van der Waals surface area contributed by atoms with Crippen LogP contribution in [0.15, 0.2) is 12.3 Å². The van der Waals surface area contributed by atoms with E-state index in [0.29, 0.717) is 12.8 Å². The van der Waals surface area contributed by atoms with Gasteiger partial charge in [0.1, 0.15) is 6.04 Å². The molecule has 0 aromatic heterocycles. The molecular weight excluding hydrogens is 350 g/mol. The van der Waals surface area contributed by atoms with Crippen molar-refractivity contribution in [2.45, 2.75) is 129 Å². The molecule has 0 spiro atoms. The second kappa shape index (κ2) is 17.8. The van der Waals surface area contributed by atoms with Crippen molar-refractivity contribution in [1.82, 2.24) is 5.32 Å². The van der Waals surface area contributed by atoms with E-state index in [0.717, 1.165) is 12.8 Å².